The van der Waals surface area contributed by atoms with Crippen LogP contribution in [0.15, 0.2) is 54.6 Å². The minimum absolute atomic E-state index is 0.120. The van der Waals surface area contributed by atoms with E-state index in [4.69, 9.17) is 0 Å². The normalized spacial score (nSPS) is 11.8. The van der Waals surface area contributed by atoms with E-state index in [9.17, 15) is 9.59 Å². The highest BCUT2D eigenvalue weighted by atomic mass is 16.2. The van der Waals surface area contributed by atoms with Gasteiger partial charge in [-0.05, 0) is 23.1 Å². The maximum atomic E-state index is 12.5. The van der Waals surface area contributed by atoms with E-state index in [0.717, 1.165) is 16.8 Å². The van der Waals surface area contributed by atoms with Crippen LogP contribution in [0, 0.1) is 0 Å². The molecule has 1 atom stereocenters. The number of carbonyl (C=O) groups is 2. The number of anilines is 1. The van der Waals surface area contributed by atoms with Gasteiger partial charge in [0, 0.05) is 12.6 Å². The van der Waals surface area contributed by atoms with Crippen LogP contribution in [-0.2, 0) is 9.59 Å². The number of carbonyl (C=O) groups excluding carboxylic acids is 2. The van der Waals surface area contributed by atoms with Crippen LogP contribution in [0.2, 0.25) is 0 Å². The van der Waals surface area contributed by atoms with E-state index >= 15 is 0 Å². The number of hydrogen-bond acceptors (Lipinski definition) is 2. The Labute approximate surface area is 143 Å². The Morgan fingerprint density at radius 2 is 1.58 bits per heavy atom. The van der Waals surface area contributed by atoms with E-state index in [1.807, 2.05) is 54.6 Å². The molecule has 126 valence electrons. The fourth-order valence-electron chi connectivity index (χ4n) is 2.68. The average Bonchev–Trinajstić information content (AvgIpc) is 2.55. The molecule has 0 aliphatic heterocycles. The highest BCUT2D eigenvalue weighted by Crippen LogP contribution is 2.25. The molecular formula is C20H24N2O2. The summed E-state index contributed by atoms with van der Waals surface area (Å²) < 4.78 is 0. The Morgan fingerprint density at radius 3 is 2.21 bits per heavy atom. The van der Waals surface area contributed by atoms with Gasteiger partial charge in [-0.2, -0.15) is 0 Å². The summed E-state index contributed by atoms with van der Waals surface area (Å²) in [4.78, 5) is 24.0. The first-order valence-corrected chi connectivity index (χ1v) is 8.18. The third-order valence-corrected chi connectivity index (χ3v) is 3.83. The minimum Gasteiger partial charge on any atom is -0.349 e. The molecule has 0 saturated heterocycles. The Hall–Kier alpha value is -2.62. The fourth-order valence-corrected chi connectivity index (χ4v) is 2.68. The lowest BCUT2D eigenvalue weighted by atomic mass is 10.0. The zero-order valence-electron chi connectivity index (χ0n) is 14.4. The van der Waals surface area contributed by atoms with Crippen molar-refractivity contribution in [2.45, 2.75) is 39.2 Å². The molecule has 2 N–H and O–H groups in total. The van der Waals surface area contributed by atoms with Crippen molar-refractivity contribution in [3.8, 4) is 0 Å². The predicted octanol–water partition coefficient (Wildman–Crippen LogP) is 4.02. The highest BCUT2D eigenvalue weighted by Gasteiger charge is 2.18. The monoisotopic (exact) mass is 324 g/mol. The lowest BCUT2D eigenvalue weighted by Gasteiger charge is -2.19. The summed E-state index contributed by atoms with van der Waals surface area (Å²) in [6.07, 6.45) is 0.190. The first-order valence-electron chi connectivity index (χ1n) is 8.18. The van der Waals surface area contributed by atoms with Gasteiger partial charge in [-0.15, -0.1) is 0 Å². The second-order valence-electron chi connectivity index (χ2n) is 6.16. The van der Waals surface area contributed by atoms with E-state index in [-0.39, 0.29) is 24.3 Å². The molecule has 0 fully saturated rings. The molecule has 0 heterocycles. The van der Waals surface area contributed by atoms with Crippen LogP contribution >= 0.6 is 0 Å². The van der Waals surface area contributed by atoms with Crippen molar-refractivity contribution in [1.29, 1.82) is 0 Å². The van der Waals surface area contributed by atoms with Gasteiger partial charge in [-0.25, -0.2) is 0 Å². The molecular weight excluding hydrogens is 300 g/mol. The number of benzene rings is 2. The molecule has 0 spiro atoms. The van der Waals surface area contributed by atoms with Crippen LogP contribution in [0.1, 0.15) is 50.3 Å². The van der Waals surface area contributed by atoms with Crippen LogP contribution in [0.25, 0.3) is 0 Å². The Balaban J connectivity index is 2.12. The third kappa shape index (κ3) is 4.95. The summed E-state index contributed by atoms with van der Waals surface area (Å²) in [6.45, 7) is 5.64. The van der Waals surface area contributed by atoms with Crippen molar-refractivity contribution in [1.82, 2.24) is 5.32 Å². The van der Waals surface area contributed by atoms with Gasteiger partial charge in [0.1, 0.15) is 0 Å². The van der Waals surface area contributed by atoms with Crippen molar-refractivity contribution in [2.24, 2.45) is 0 Å². The second kappa shape index (κ2) is 8.29. The second-order valence-corrected chi connectivity index (χ2v) is 6.16. The maximum absolute atomic E-state index is 12.5. The summed E-state index contributed by atoms with van der Waals surface area (Å²) >= 11 is 0. The van der Waals surface area contributed by atoms with Crippen LogP contribution in [-0.4, -0.2) is 11.8 Å². The molecule has 4 nitrogen and oxygen atoms in total. The van der Waals surface area contributed by atoms with Crippen molar-refractivity contribution >= 4 is 17.5 Å². The standard InChI is InChI=1S/C20H24N2O2/c1-14(2)17-11-7-8-12-18(17)22-20(24)13-19(21-15(3)23)16-9-5-4-6-10-16/h4-12,14,19H,13H2,1-3H3,(H,21,23)(H,22,24)/t19-/m1/s1. The first kappa shape index (κ1) is 17.7. The van der Waals surface area contributed by atoms with Gasteiger partial charge in [-0.1, -0.05) is 62.4 Å². The molecule has 0 aliphatic rings. The first-order chi connectivity index (χ1) is 11.5. The largest absolute Gasteiger partial charge is 0.349 e. The van der Waals surface area contributed by atoms with Gasteiger partial charge in [0.25, 0.3) is 0 Å². The number of nitrogens with one attached hydrogen (secondary N) is 2. The van der Waals surface area contributed by atoms with E-state index < -0.39 is 0 Å². The van der Waals surface area contributed by atoms with E-state index in [1.165, 1.54) is 6.92 Å². The van der Waals surface area contributed by atoms with E-state index in [0.29, 0.717) is 5.92 Å². The Kier molecular flexibility index (Phi) is 6.13. The molecule has 0 aromatic heterocycles. The maximum Gasteiger partial charge on any atom is 0.226 e. The minimum atomic E-state index is -0.338. The lowest BCUT2D eigenvalue weighted by molar-refractivity contribution is -0.120. The molecule has 0 aliphatic carbocycles. The summed E-state index contributed by atoms with van der Waals surface area (Å²) in [7, 11) is 0. The fraction of sp³-hybridized carbons (Fsp3) is 0.300. The molecule has 4 heteroatoms. The zero-order chi connectivity index (χ0) is 17.5. The van der Waals surface area contributed by atoms with Gasteiger partial charge in [0.15, 0.2) is 0 Å². The van der Waals surface area contributed by atoms with Crippen LogP contribution in [0.3, 0.4) is 0 Å². The summed E-state index contributed by atoms with van der Waals surface area (Å²) in [6, 6.07) is 17.0. The molecule has 2 amide bonds. The molecule has 0 bridgehead atoms. The van der Waals surface area contributed by atoms with Crippen molar-refractivity contribution < 1.29 is 9.59 Å². The van der Waals surface area contributed by atoms with Crippen LogP contribution in [0.5, 0.6) is 0 Å². The van der Waals surface area contributed by atoms with Gasteiger partial charge in [-0.3, -0.25) is 9.59 Å². The molecule has 0 unspecified atom stereocenters. The summed E-state index contributed by atoms with van der Waals surface area (Å²) in [5, 5.41) is 5.83. The smallest absolute Gasteiger partial charge is 0.226 e. The SMILES string of the molecule is CC(=O)N[C@H](CC(=O)Nc1ccccc1C(C)C)c1ccccc1. The summed E-state index contributed by atoms with van der Waals surface area (Å²) in [5.41, 5.74) is 2.84. The Morgan fingerprint density at radius 1 is 0.958 bits per heavy atom. The van der Waals surface area contributed by atoms with Crippen molar-refractivity contribution in [3.05, 3.63) is 65.7 Å². The van der Waals surface area contributed by atoms with Crippen LogP contribution < -0.4 is 10.6 Å². The van der Waals surface area contributed by atoms with Gasteiger partial charge in [0.2, 0.25) is 11.8 Å². The van der Waals surface area contributed by atoms with Crippen LogP contribution in [0.4, 0.5) is 5.69 Å². The average molecular weight is 324 g/mol. The predicted molar refractivity (Wildman–Crippen MR) is 96.8 cm³/mol. The molecule has 2 rings (SSSR count). The lowest BCUT2D eigenvalue weighted by Crippen LogP contribution is -2.29. The van der Waals surface area contributed by atoms with E-state index in [1.54, 1.807) is 0 Å². The quantitative estimate of drug-likeness (QED) is 0.843. The summed E-state index contributed by atoms with van der Waals surface area (Å²) in [5.74, 6) is 0.0479. The Bertz CT molecular complexity index is 696. The van der Waals surface area contributed by atoms with E-state index in [2.05, 4.69) is 24.5 Å². The molecule has 0 radical (unpaired) electrons. The molecule has 24 heavy (non-hydrogen) atoms. The number of para-hydroxylation sites is 1. The van der Waals surface area contributed by atoms with Gasteiger partial charge >= 0.3 is 0 Å². The highest BCUT2D eigenvalue weighted by molar-refractivity contribution is 5.92. The van der Waals surface area contributed by atoms with Crippen molar-refractivity contribution in [2.75, 3.05) is 5.32 Å². The zero-order valence-corrected chi connectivity index (χ0v) is 14.4. The number of hydrogen-bond donors (Lipinski definition) is 2. The molecule has 0 saturated carbocycles. The number of amides is 2. The number of rotatable bonds is 6. The topological polar surface area (TPSA) is 58.2 Å². The third-order valence-electron chi connectivity index (χ3n) is 3.83. The van der Waals surface area contributed by atoms with Gasteiger partial charge < -0.3 is 10.6 Å². The van der Waals surface area contributed by atoms with Crippen molar-refractivity contribution in [3.63, 3.8) is 0 Å². The molecule has 2 aromatic carbocycles. The van der Waals surface area contributed by atoms with Gasteiger partial charge in [0.05, 0.1) is 12.5 Å². The molecule has 2 aromatic rings.